The fraction of sp³-hybridized carbons (Fsp3) is 0.550. The molecule has 0 unspecified atom stereocenters. The van der Waals surface area contributed by atoms with E-state index in [1.54, 1.807) is 6.07 Å². The molecule has 9 atom stereocenters. The molecule has 1 aliphatic carbocycles. The maximum absolute atomic E-state index is 13.4. The molecule has 3 fully saturated rings. The molecule has 0 radical (unpaired) electrons. The van der Waals surface area contributed by atoms with E-state index in [1.165, 1.54) is 29.7 Å². The minimum absolute atomic E-state index is 0.0121. The fourth-order valence-corrected chi connectivity index (χ4v) is 8.01. The third-order valence-corrected chi connectivity index (χ3v) is 10.0. The van der Waals surface area contributed by atoms with Crippen molar-refractivity contribution in [2.75, 3.05) is 13.2 Å². The molecule has 6 rings (SSSR count). The summed E-state index contributed by atoms with van der Waals surface area (Å²) in [6.07, 6.45) is -0.212. The number of aromatic nitrogens is 6. The van der Waals surface area contributed by atoms with Gasteiger partial charge in [0.15, 0.2) is 17.4 Å². The lowest BCUT2D eigenvalue weighted by Gasteiger charge is -2.26. The Morgan fingerprint density at radius 1 is 1.07 bits per heavy atom. The quantitative estimate of drug-likeness (QED) is 0.241. The predicted octanol–water partition coefficient (Wildman–Crippen LogP) is 1.92. The zero-order valence-corrected chi connectivity index (χ0v) is 24.0. The van der Waals surface area contributed by atoms with Crippen LogP contribution in [0.2, 0.25) is 0 Å². The molecule has 3 aromatic rings. The van der Waals surface area contributed by atoms with Crippen molar-refractivity contribution in [3.63, 3.8) is 0 Å². The van der Waals surface area contributed by atoms with E-state index < -0.39 is 68.4 Å². The summed E-state index contributed by atoms with van der Waals surface area (Å²) < 4.78 is 62.4. The second kappa shape index (κ2) is 11.1. The first kappa shape index (κ1) is 28.3. The maximum Gasteiger partial charge on any atom is 0.386 e. The number of aliphatic hydroxyl groups is 1. The number of hydrogen-bond donors (Lipinski definition) is 4. The molecular formula is C20H24N6O10P2S2. The van der Waals surface area contributed by atoms with E-state index in [9.17, 15) is 19.0 Å². The van der Waals surface area contributed by atoms with Crippen LogP contribution < -0.4 is 10.3 Å². The topological polar surface area (TPSA) is 199 Å². The Balaban J connectivity index is 1.27. The molecule has 3 aliphatic rings. The average Bonchev–Trinajstić information content (AvgIpc) is 3.58. The van der Waals surface area contributed by atoms with Gasteiger partial charge >= 0.3 is 13.6 Å². The van der Waals surface area contributed by atoms with E-state index in [2.05, 4.69) is 49.4 Å². The van der Waals surface area contributed by atoms with Gasteiger partial charge in [-0.05, 0) is 6.42 Å². The molecule has 216 valence electrons. The number of aromatic amines is 1. The van der Waals surface area contributed by atoms with Crippen LogP contribution in [0.4, 0.5) is 0 Å². The molecule has 1 saturated carbocycles. The van der Waals surface area contributed by atoms with Crippen LogP contribution in [-0.4, -0.2) is 78.3 Å². The first-order valence-corrected chi connectivity index (χ1v) is 17.5. The number of fused-ring (bicyclic) bond motifs is 4. The van der Waals surface area contributed by atoms with E-state index in [0.29, 0.717) is 12.3 Å². The van der Waals surface area contributed by atoms with Gasteiger partial charge in [0.2, 0.25) is 5.88 Å². The molecule has 20 heteroatoms. The van der Waals surface area contributed by atoms with Crippen molar-refractivity contribution < 1.29 is 41.8 Å². The molecule has 2 aliphatic heterocycles. The Hall–Kier alpha value is -1.85. The van der Waals surface area contributed by atoms with Crippen LogP contribution in [-0.2, 0) is 32.0 Å². The van der Waals surface area contributed by atoms with Crippen LogP contribution in [0.5, 0.6) is 5.88 Å². The Labute approximate surface area is 236 Å². The second-order valence-electron chi connectivity index (χ2n) is 9.37. The van der Waals surface area contributed by atoms with Crippen molar-refractivity contribution in [3.05, 3.63) is 41.6 Å². The zero-order chi connectivity index (χ0) is 28.1. The highest BCUT2D eigenvalue weighted by atomic mass is 32.7. The highest BCUT2D eigenvalue weighted by Gasteiger charge is 2.51. The highest BCUT2D eigenvalue weighted by molar-refractivity contribution is 8.44. The standard InChI is InChI=1S/C20H24N6O10P2S2/c27-16-13-6-32-37(29,39)35-12-4-11(33-14-1-2-21-7-22-14)3-10(12)5-31-38(30,40)36-17(16)20(34-13)26-9-25-15-18(26)23-8-24-19(15)28/h1-2,7-13,16-17,20,27H,3-6H2,(H,29,39)(H,30,40)(H,23,24,28)/t10-,11-,12+,13-,16-,17-,20-,37-,38-/m1/s1. The zero-order valence-electron chi connectivity index (χ0n) is 20.4. The van der Waals surface area contributed by atoms with Crippen molar-refractivity contribution in [1.29, 1.82) is 0 Å². The second-order valence-corrected chi connectivity index (χ2v) is 15.1. The lowest BCUT2D eigenvalue weighted by atomic mass is 10.1. The minimum atomic E-state index is -4.13. The van der Waals surface area contributed by atoms with Gasteiger partial charge in [-0.25, -0.2) is 29.1 Å². The Morgan fingerprint density at radius 3 is 2.67 bits per heavy atom. The summed E-state index contributed by atoms with van der Waals surface area (Å²) >= 11 is 8.25. The highest BCUT2D eigenvalue weighted by Crippen LogP contribution is 2.60. The number of nitrogens with zero attached hydrogens (tertiary/aromatic N) is 5. The molecule has 2 saturated heterocycles. The average molecular weight is 635 g/mol. The largest absolute Gasteiger partial charge is 0.474 e. The number of thiol groups is 2. The number of aliphatic hydroxyl groups excluding tert-OH is 1. The first-order chi connectivity index (χ1) is 19.1. The van der Waals surface area contributed by atoms with Gasteiger partial charge in [-0.15, -0.1) is 0 Å². The molecule has 2 N–H and O–H groups in total. The van der Waals surface area contributed by atoms with E-state index >= 15 is 0 Å². The van der Waals surface area contributed by atoms with Gasteiger partial charge in [-0.3, -0.25) is 22.9 Å². The van der Waals surface area contributed by atoms with E-state index in [0.717, 1.165) is 0 Å². The number of ether oxygens (including phenoxy) is 2. The summed E-state index contributed by atoms with van der Waals surface area (Å²) in [5.74, 6) is -0.107. The van der Waals surface area contributed by atoms with Crippen LogP contribution in [0.1, 0.15) is 19.1 Å². The van der Waals surface area contributed by atoms with Gasteiger partial charge < -0.3 is 24.1 Å². The molecular weight excluding hydrogens is 610 g/mol. The van der Waals surface area contributed by atoms with Crippen molar-refractivity contribution in [1.82, 2.24) is 29.5 Å². The Bertz CT molecular complexity index is 1530. The predicted molar refractivity (Wildman–Crippen MR) is 142 cm³/mol. The summed E-state index contributed by atoms with van der Waals surface area (Å²) in [5.41, 5.74) is -0.358. The number of H-pyrrole nitrogens is 1. The van der Waals surface area contributed by atoms with Crippen molar-refractivity contribution in [2.45, 2.75) is 49.6 Å². The molecule has 16 nitrogen and oxygen atoms in total. The van der Waals surface area contributed by atoms with Gasteiger partial charge in [0, 0.05) is 24.6 Å². The third-order valence-electron chi connectivity index (χ3n) is 6.76. The monoisotopic (exact) mass is 634 g/mol. The van der Waals surface area contributed by atoms with Gasteiger partial charge in [0.1, 0.15) is 30.7 Å². The number of rotatable bonds is 3. The number of imidazole rings is 1. The van der Waals surface area contributed by atoms with Crippen LogP contribution >= 0.6 is 38.1 Å². The smallest absolute Gasteiger partial charge is 0.386 e. The van der Waals surface area contributed by atoms with E-state index in [4.69, 9.17) is 27.6 Å². The van der Waals surface area contributed by atoms with E-state index in [-0.39, 0.29) is 24.2 Å². The SMILES string of the molecule is O=c1[nH]cnc2c1ncn2[C@@H]1O[C@@H]2CO[P@@](=O)(S)O[C@H]3C[C@H](Oc4ccncn4)C[C@@H]3CO[P@@](=O)(S)O[C@@H]1[C@@H]2O. The summed E-state index contributed by atoms with van der Waals surface area (Å²) in [6, 6.07) is 1.60. The number of hydrogen-bond acceptors (Lipinski definition) is 14. The lowest BCUT2D eigenvalue weighted by Crippen LogP contribution is -2.35. The molecule has 0 aromatic carbocycles. The first-order valence-electron chi connectivity index (χ1n) is 12.1. The summed E-state index contributed by atoms with van der Waals surface area (Å²) in [7, 11) is 0. The van der Waals surface area contributed by atoms with Gasteiger partial charge in [0.25, 0.3) is 5.56 Å². The van der Waals surface area contributed by atoms with Crippen molar-refractivity contribution in [2.24, 2.45) is 5.92 Å². The van der Waals surface area contributed by atoms with Gasteiger partial charge in [-0.1, -0.05) is 24.5 Å². The lowest BCUT2D eigenvalue weighted by molar-refractivity contribution is -0.0487. The third kappa shape index (κ3) is 5.88. The van der Waals surface area contributed by atoms with Crippen LogP contribution in [0.25, 0.3) is 11.2 Å². The molecule has 2 bridgehead atoms. The molecule has 0 amide bonds. The summed E-state index contributed by atoms with van der Waals surface area (Å²) in [5, 5.41) is 11.1. The van der Waals surface area contributed by atoms with Crippen molar-refractivity contribution in [3.8, 4) is 5.88 Å². The summed E-state index contributed by atoms with van der Waals surface area (Å²) in [6.45, 7) is -8.71. The molecule has 0 spiro atoms. The van der Waals surface area contributed by atoms with Gasteiger partial charge in [0.05, 0.1) is 32.0 Å². The molecule has 3 aromatic heterocycles. The molecule has 40 heavy (non-hydrogen) atoms. The normalized spacial score (nSPS) is 38.7. The fourth-order valence-electron chi connectivity index (χ4n) is 4.94. The number of nitrogens with one attached hydrogen (secondary N) is 1. The van der Waals surface area contributed by atoms with Crippen LogP contribution in [0.3, 0.4) is 0 Å². The van der Waals surface area contributed by atoms with Crippen molar-refractivity contribution >= 4 is 49.3 Å². The van der Waals surface area contributed by atoms with Crippen LogP contribution in [0.15, 0.2) is 36.0 Å². The summed E-state index contributed by atoms with van der Waals surface area (Å²) in [4.78, 5) is 30.6. The van der Waals surface area contributed by atoms with Crippen LogP contribution in [0, 0.1) is 5.92 Å². The maximum atomic E-state index is 13.4. The minimum Gasteiger partial charge on any atom is -0.474 e. The Morgan fingerprint density at radius 2 is 1.88 bits per heavy atom. The van der Waals surface area contributed by atoms with Gasteiger partial charge in [-0.2, -0.15) is 0 Å². The van der Waals surface area contributed by atoms with E-state index in [1.807, 2.05) is 0 Å². The molecule has 5 heterocycles. The Kier molecular flexibility index (Phi) is 7.84.